The van der Waals surface area contributed by atoms with E-state index in [1.165, 1.54) is 23.1 Å². The quantitative estimate of drug-likeness (QED) is 0.157. The Balaban J connectivity index is 1.59. The molecule has 4 aromatic carbocycles. The molecule has 1 aliphatic rings. The van der Waals surface area contributed by atoms with Gasteiger partial charge in [-0.1, -0.05) is 125 Å². The molecule has 0 aliphatic heterocycles. The smallest absolute Gasteiger partial charge is 0.264 e. The maximum Gasteiger partial charge on any atom is 0.264 e. The van der Waals surface area contributed by atoms with Crippen molar-refractivity contribution in [1.29, 1.82) is 0 Å². The average Bonchev–Trinajstić information content (AvgIpc) is 3.07. The Morgan fingerprint density at radius 2 is 1.54 bits per heavy atom. The number of rotatable bonds is 12. The highest BCUT2D eigenvalue weighted by molar-refractivity contribution is 9.10. The molecule has 252 valence electrons. The first kappa shape index (κ1) is 35.9. The number of benzene rings is 4. The summed E-state index contributed by atoms with van der Waals surface area (Å²) in [6.07, 6.45) is 5.17. The highest BCUT2D eigenvalue weighted by atomic mass is 79.9. The van der Waals surface area contributed by atoms with Crippen molar-refractivity contribution in [3.63, 3.8) is 0 Å². The van der Waals surface area contributed by atoms with Crippen molar-refractivity contribution < 1.29 is 18.0 Å². The zero-order valence-electron chi connectivity index (χ0n) is 26.6. The number of anilines is 1. The first-order chi connectivity index (χ1) is 23.0. The molecular weight excluding hydrogens is 733 g/mol. The van der Waals surface area contributed by atoms with Crippen molar-refractivity contribution in [3.05, 3.63) is 128 Å². The monoisotopic (exact) mass is 769 g/mol. The van der Waals surface area contributed by atoms with E-state index >= 15 is 0 Å². The number of sulfonamides is 1. The molecule has 2 amide bonds. The predicted octanol–water partition coefficient (Wildman–Crippen LogP) is 8.35. The predicted molar refractivity (Wildman–Crippen MR) is 196 cm³/mol. The van der Waals surface area contributed by atoms with Gasteiger partial charge in [0.15, 0.2) is 0 Å². The largest absolute Gasteiger partial charge is 0.352 e. The third-order valence-electron chi connectivity index (χ3n) is 8.55. The van der Waals surface area contributed by atoms with Gasteiger partial charge in [-0.25, -0.2) is 8.42 Å². The van der Waals surface area contributed by atoms with E-state index in [4.69, 9.17) is 23.2 Å². The van der Waals surface area contributed by atoms with Crippen LogP contribution in [0.15, 0.2) is 106 Å². The van der Waals surface area contributed by atoms with Crippen molar-refractivity contribution in [3.8, 4) is 0 Å². The number of amides is 2. The maximum atomic E-state index is 14.7. The second-order valence-corrected chi connectivity index (χ2v) is 15.7. The Kier molecular flexibility index (Phi) is 12.2. The van der Waals surface area contributed by atoms with Crippen LogP contribution < -0.4 is 9.62 Å². The average molecular weight is 772 g/mol. The van der Waals surface area contributed by atoms with Gasteiger partial charge in [-0.3, -0.25) is 13.9 Å². The lowest BCUT2D eigenvalue weighted by Gasteiger charge is -2.35. The minimum Gasteiger partial charge on any atom is -0.352 e. The fourth-order valence-corrected chi connectivity index (χ4v) is 8.29. The van der Waals surface area contributed by atoms with E-state index in [0.29, 0.717) is 0 Å². The highest BCUT2D eigenvalue weighted by Gasteiger charge is 2.36. The minimum absolute atomic E-state index is 0.00271. The number of carbonyl (C=O) groups is 2. The van der Waals surface area contributed by atoms with E-state index in [9.17, 15) is 18.0 Å². The summed E-state index contributed by atoms with van der Waals surface area (Å²) in [6, 6.07) is 27.1. The summed E-state index contributed by atoms with van der Waals surface area (Å²) >= 11 is 16.5. The summed E-state index contributed by atoms with van der Waals surface area (Å²) in [7, 11) is -4.31. The molecular formula is C37H38BrCl2N3O4S. The van der Waals surface area contributed by atoms with E-state index in [1.54, 1.807) is 24.3 Å². The first-order valence-electron chi connectivity index (χ1n) is 15.9. The molecule has 0 saturated heterocycles. The Morgan fingerprint density at radius 1 is 0.875 bits per heavy atom. The molecule has 1 N–H and O–H groups in total. The Bertz CT molecular complexity index is 1840. The number of hydrogen-bond acceptors (Lipinski definition) is 4. The van der Waals surface area contributed by atoms with Crippen LogP contribution in [0.5, 0.6) is 0 Å². The number of nitrogens with one attached hydrogen (secondary N) is 1. The summed E-state index contributed by atoms with van der Waals surface area (Å²) in [6.45, 7) is 1.30. The van der Waals surface area contributed by atoms with Crippen LogP contribution in [0.1, 0.15) is 48.8 Å². The molecule has 11 heteroatoms. The van der Waals surface area contributed by atoms with Crippen molar-refractivity contribution >= 4 is 66.7 Å². The lowest BCUT2D eigenvalue weighted by atomic mass is 9.94. The van der Waals surface area contributed by atoms with Gasteiger partial charge in [0, 0.05) is 23.5 Å². The van der Waals surface area contributed by atoms with Gasteiger partial charge in [0.1, 0.15) is 12.6 Å². The third kappa shape index (κ3) is 8.99. The van der Waals surface area contributed by atoms with Gasteiger partial charge in [0.2, 0.25) is 11.8 Å². The summed E-state index contributed by atoms with van der Waals surface area (Å²) in [5.74, 6) is -0.843. The lowest BCUT2D eigenvalue weighted by molar-refractivity contribution is -0.140. The number of nitrogens with zero attached hydrogens (tertiary/aromatic N) is 2. The minimum atomic E-state index is -4.31. The van der Waals surface area contributed by atoms with Gasteiger partial charge >= 0.3 is 0 Å². The number of hydrogen-bond donors (Lipinski definition) is 1. The summed E-state index contributed by atoms with van der Waals surface area (Å²) in [5.41, 5.74) is 2.59. The SMILES string of the molecule is Cc1ccc(S(=O)(=O)N(CC(=O)N(Cc2cccc(Br)c2)[C@@H](Cc2ccccc2)C(=O)NC2CCCCC2)c2cccc(Cl)c2Cl)cc1. The van der Waals surface area contributed by atoms with Crippen LogP contribution in [0.2, 0.25) is 10.0 Å². The van der Waals surface area contributed by atoms with E-state index in [0.717, 1.165) is 57.6 Å². The van der Waals surface area contributed by atoms with Gasteiger partial charge < -0.3 is 10.2 Å². The standard InChI is InChI=1S/C37H38BrCl2N3O4S/c1-26-18-20-31(21-19-26)48(46,47)43(33-17-9-16-32(39)36(33)40)25-35(44)42(24-28-12-8-13-29(38)22-28)34(23-27-10-4-2-5-11-27)37(45)41-30-14-6-3-7-15-30/h2,4-5,8-13,16-22,30,34H,3,6-7,14-15,23-25H2,1H3,(H,41,45)/t34-/m0/s1. The number of halogens is 3. The Morgan fingerprint density at radius 3 is 2.23 bits per heavy atom. The van der Waals surface area contributed by atoms with E-state index in [1.807, 2.05) is 61.5 Å². The Labute approximate surface area is 301 Å². The molecule has 0 heterocycles. The molecule has 7 nitrogen and oxygen atoms in total. The van der Waals surface area contributed by atoms with Crippen LogP contribution in [0, 0.1) is 6.92 Å². The maximum absolute atomic E-state index is 14.7. The molecule has 0 bridgehead atoms. The molecule has 0 unspecified atom stereocenters. The van der Waals surface area contributed by atoms with E-state index < -0.39 is 28.5 Å². The lowest BCUT2D eigenvalue weighted by Crippen LogP contribution is -2.55. The second-order valence-electron chi connectivity index (χ2n) is 12.1. The van der Waals surface area contributed by atoms with Gasteiger partial charge in [0.05, 0.1) is 20.6 Å². The molecule has 0 aromatic heterocycles. The number of aryl methyl sites for hydroxylation is 1. The van der Waals surface area contributed by atoms with Crippen LogP contribution in [-0.4, -0.2) is 43.8 Å². The zero-order chi connectivity index (χ0) is 34.3. The van der Waals surface area contributed by atoms with Crippen molar-refractivity contribution in [2.45, 2.75) is 69.0 Å². The highest BCUT2D eigenvalue weighted by Crippen LogP contribution is 2.36. The van der Waals surface area contributed by atoms with E-state index in [-0.39, 0.29) is 45.5 Å². The van der Waals surface area contributed by atoms with Crippen molar-refractivity contribution in [2.75, 3.05) is 10.8 Å². The molecule has 5 rings (SSSR count). The molecule has 4 aromatic rings. The third-order valence-corrected chi connectivity index (χ3v) is 11.6. The molecule has 1 fully saturated rings. The van der Waals surface area contributed by atoms with Crippen molar-refractivity contribution in [1.82, 2.24) is 10.2 Å². The van der Waals surface area contributed by atoms with Crippen LogP contribution >= 0.6 is 39.1 Å². The summed E-state index contributed by atoms with van der Waals surface area (Å²) < 4.78 is 30.4. The fourth-order valence-electron chi connectivity index (χ4n) is 5.97. The van der Waals surface area contributed by atoms with Gasteiger partial charge in [-0.2, -0.15) is 0 Å². The molecule has 1 saturated carbocycles. The first-order valence-corrected chi connectivity index (χ1v) is 18.9. The number of carbonyl (C=O) groups excluding carboxylic acids is 2. The molecule has 0 spiro atoms. The normalized spacial score (nSPS) is 14.2. The topological polar surface area (TPSA) is 86.8 Å². The molecule has 1 aliphatic carbocycles. The summed E-state index contributed by atoms with van der Waals surface area (Å²) in [5, 5.41) is 3.36. The van der Waals surface area contributed by atoms with Crippen LogP contribution in [0.3, 0.4) is 0 Å². The van der Waals surface area contributed by atoms with Crippen LogP contribution in [0.25, 0.3) is 0 Å². The molecule has 1 atom stereocenters. The molecule has 0 radical (unpaired) electrons. The Hall–Kier alpha value is -3.37. The van der Waals surface area contributed by atoms with Gasteiger partial charge in [-0.15, -0.1) is 0 Å². The molecule has 48 heavy (non-hydrogen) atoms. The fraction of sp³-hybridized carbons (Fsp3) is 0.297. The van der Waals surface area contributed by atoms with Gasteiger partial charge in [0.25, 0.3) is 10.0 Å². The zero-order valence-corrected chi connectivity index (χ0v) is 30.5. The van der Waals surface area contributed by atoms with Gasteiger partial charge in [-0.05, 0) is 67.3 Å². The second kappa shape index (κ2) is 16.4. The summed E-state index contributed by atoms with van der Waals surface area (Å²) in [4.78, 5) is 30.4. The van der Waals surface area contributed by atoms with Crippen molar-refractivity contribution in [2.24, 2.45) is 0 Å². The van der Waals surface area contributed by atoms with Crippen LogP contribution in [-0.2, 0) is 32.6 Å². The van der Waals surface area contributed by atoms with E-state index in [2.05, 4.69) is 21.2 Å². The van der Waals surface area contributed by atoms with Crippen LogP contribution in [0.4, 0.5) is 5.69 Å².